The van der Waals surface area contributed by atoms with Gasteiger partial charge in [-0.2, -0.15) is 13.2 Å². The number of allylic oxidation sites excluding steroid dienone is 1. The maximum atomic E-state index is 13.0. The number of hydrogen-bond donors (Lipinski definition) is 0. The second-order valence-electron chi connectivity index (χ2n) is 8.15. The van der Waals surface area contributed by atoms with Crippen molar-refractivity contribution in [3.63, 3.8) is 0 Å². The summed E-state index contributed by atoms with van der Waals surface area (Å²) in [4.78, 5) is 24.8. The molecule has 2 aliphatic heterocycles. The number of benzene rings is 2. The molecule has 0 saturated carbocycles. The van der Waals surface area contributed by atoms with Gasteiger partial charge in [0.25, 0.3) is 0 Å². The molecule has 4 atom stereocenters. The second-order valence-corrected chi connectivity index (χ2v) is 8.15. The molecule has 4 rings (SSSR count). The summed E-state index contributed by atoms with van der Waals surface area (Å²) in [5.74, 6) is -1.43. The van der Waals surface area contributed by atoms with Crippen molar-refractivity contribution in [2.75, 3.05) is 7.11 Å². The van der Waals surface area contributed by atoms with E-state index in [1.807, 2.05) is 6.07 Å². The van der Waals surface area contributed by atoms with Crippen LogP contribution in [-0.4, -0.2) is 31.3 Å². The number of ether oxygens (including phenoxy) is 3. The molecule has 0 aromatic heterocycles. The molecule has 2 aliphatic rings. The first-order valence-electron chi connectivity index (χ1n) is 10.6. The van der Waals surface area contributed by atoms with Crippen LogP contribution in [0.15, 0.2) is 66.4 Å². The van der Waals surface area contributed by atoms with Crippen LogP contribution in [0.4, 0.5) is 13.2 Å². The lowest BCUT2D eigenvalue weighted by atomic mass is 9.78. The number of hydrogen-bond acceptors (Lipinski definition) is 5. The maximum absolute atomic E-state index is 13.0. The molecule has 0 bridgehead atoms. The van der Waals surface area contributed by atoms with Gasteiger partial charge in [0.2, 0.25) is 12.0 Å². The highest BCUT2D eigenvalue weighted by Gasteiger charge is 2.43. The Kier molecular flexibility index (Phi) is 6.56. The molecular weight excluding hydrogens is 437 g/mol. The standard InChI is InChI=1S/C25H23F3O5/c1-31-23(30)22-14-20(15-7-9-17(10-8-15)25(26,27)28)19-12-11-18(32-24(19)33-22)13-21(29)16-5-3-2-4-6-16/h2-10,14,18-20,24H,11-13H2,1H3/t18-,19-,20-,24-/m1/s1. The highest BCUT2D eigenvalue weighted by atomic mass is 19.4. The molecule has 8 heteroatoms. The topological polar surface area (TPSA) is 61.8 Å². The molecule has 0 radical (unpaired) electrons. The summed E-state index contributed by atoms with van der Waals surface area (Å²) < 4.78 is 55.5. The quantitative estimate of drug-likeness (QED) is 0.449. The van der Waals surface area contributed by atoms with Gasteiger partial charge in [-0.25, -0.2) is 4.79 Å². The predicted molar refractivity (Wildman–Crippen MR) is 112 cm³/mol. The molecule has 2 heterocycles. The number of methoxy groups -OCH3 is 1. The number of rotatable bonds is 5. The van der Waals surface area contributed by atoms with Crippen LogP contribution in [0, 0.1) is 5.92 Å². The number of fused-ring (bicyclic) bond motifs is 1. The third-order valence-electron chi connectivity index (χ3n) is 6.05. The van der Waals surface area contributed by atoms with Crippen molar-refractivity contribution in [3.8, 4) is 0 Å². The SMILES string of the molecule is COC(=O)C1=C[C@H](c2ccc(C(F)(F)F)cc2)[C@H]2CC[C@H](CC(=O)c3ccccc3)O[C@@H]2O1. The largest absolute Gasteiger partial charge is 0.463 e. The van der Waals surface area contributed by atoms with E-state index in [2.05, 4.69) is 0 Å². The van der Waals surface area contributed by atoms with E-state index in [0.29, 0.717) is 24.0 Å². The number of ketones is 1. The summed E-state index contributed by atoms with van der Waals surface area (Å²) in [6.45, 7) is 0. The Morgan fingerprint density at radius 3 is 2.36 bits per heavy atom. The van der Waals surface area contributed by atoms with E-state index in [1.165, 1.54) is 19.2 Å². The third-order valence-corrected chi connectivity index (χ3v) is 6.05. The summed E-state index contributed by atoms with van der Waals surface area (Å²) in [6.07, 6.45) is -2.71. The summed E-state index contributed by atoms with van der Waals surface area (Å²) in [6, 6.07) is 13.8. The fourth-order valence-electron chi connectivity index (χ4n) is 4.34. The van der Waals surface area contributed by atoms with Gasteiger partial charge in [-0.05, 0) is 36.6 Å². The zero-order valence-corrected chi connectivity index (χ0v) is 17.9. The van der Waals surface area contributed by atoms with E-state index in [0.717, 1.165) is 12.1 Å². The maximum Gasteiger partial charge on any atom is 0.416 e. The smallest absolute Gasteiger partial charge is 0.416 e. The van der Waals surface area contributed by atoms with Crippen molar-refractivity contribution in [2.45, 2.75) is 43.8 Å². The van der Waals surface area contributed by atoms with Gasteiger partial charge >= 0.3 is 12.1 Å². The molecule has 1 saturated heterocycles. The molecule has 5 nitrogen and oxygen atoms in total. The van der Waals surface area contributed by atoms with Crippen LogP contribution in [0.5, 0.6) is 0 Å². The van der Waals surface area contributed by atoms with Crippen molar-refractivity contribution >= 4 is 11.8 Å². The first-order chi connectivity index (χ1) is 15.8. The van der Waals surface area contributed by atoms with E-state index in [9.17, 15) is 22.8 Å². The first kappa shape index (κ1) is 23.0. The average molecular weight is 460 g/mol. The minimum atomic E-state index is -4.43. The third kappa shape index (κ3) is 5.11. The Hall–Kier alpha value is -3.13. The number of halogens is 3. The molecule has 2 aromatic carbocycles. The predicted octanol–water partition coefficient (Wildman–Crippen LogP) is 5.27. The lowest BCUT2D eigenvalue weighted by molar-refractivity contribution is -0.215. The van der Waals surface area contributed by atoms with Crippen molar-refractivity contribution in [1.29, 1.82) is 0 Å². The Morgan fingerprint density at radius 1 is 1.03 bits per heavy atom. The highest BCUT2D eigenvalue weighted by molar-refractivity contribution is 5.96. The molecule has 33 heavy (non-hydrogen) atoms. The lowest BCUT2D eigenvalue weighted by Crippen LogP contribution is -2.43. The first-order valence-corrected chi connectivity index (χ1v) is 10.6. The van der Waals surface area contributed by atoms with Gasteiger partial charge < -0.3 is 14.2 Å². The van der Waals surface area contributed by atoms with Gasteiger partial charge in [-0.15, -0.1) is 0 Å². The molecule has 0 unspecified atom stereocenters. The molecule has 0 N–H and O–H groups in total. The van der Waals surface area contributed by atoms with Crippen LogP contribution >= 0.6 is 0 Å². The summed E-state index contributed by atoms with van der Waals surface area (Å²) in [7, 11) is 1.22. The second kappa shape index (κ2) is 9.39. The fourth-order valence-corrected chi connectivity index (χ4v) is 4.34. The molecule has 1 fully saturated rings. The number of carbonyl (C=O) groups is 2. The Bertz CT molecular complexity index is 1030. The van der Waals surface area contributed by atoms with Crippen molar-refractivity contribution in [1.82, 2.24) is 0 Å². The molecule has 0 amide bonds. The number of carbonyl (C=O) groups excluding carboxylic acids is 2. The van der Waals surface area contributed by atoms with Crippen LogP contribution in [0.25, 0.3) is 0 Å². The molecular formula is C25H23F3O5. The number of Topliss-reactive ketones (excluding diaryl/α,β-unsaturated/α-hetero) is 1. The summed E-state index contributed by atoms with van der Waals surface area (Å²) >= 11 is 0. The van der Waals surface area contributed by atoms with Gasteiger partial charge in [0.05, 0.1) is 18.8 Å². The van der Waals surface area contributed by atoms with Crippen molar-refractivity contribution < 1.29 is 37.0 Å². The number of alkyl halides is 3. The Balaban J connectivity index is 1.54. The molecule has 174 valence electrons. The average Bonchev–Trinajstić information content (AvgIpc) is 2.82. The van der Waals surface area contributed by atoms with Crippen molar-refractivity contribution in [2.24, 2.45) is 5.92 Å². The molecule has 0 spiro atoms. The zero-order valence-electron chi connectivity index (χ0n) is 17.9. The normalized spacial score (nSPS) is 24.8. The van der Waals surface area contributed by atoms with Gasteiger partial charge in [0.1, 0.15) is 0 Å². The van der Waals surface area contributed by atoms with E-state index in [4.69, 9.17) is 14.2 Å². The van der Waals surface area contributed by atoms with E-state index >= 15 is 0 Å². The molecule has 0 aliphatic carbocycles. The van der Waals surface area contributed by atoms with Crippen LogP contribution in [0.1, 0.15) is 46.7 Å². The van der Waals surface area contributed by atoms with Crippen LogP contribution < -0.4 is 0 Å². The fraction of sp³-hybridized carbons (Fsp3) is 0.360. The minimum Gasteiger partial charge on any atom is -0.463 e. The van der Waals surface area contributed by atoms with E-state index < -0.39 is 36.0 Å². The van der Waals surface area contributed by atoms with E-state index in [-0.39, 0.29) is 23.9 Å². The van der Waals surface area contributed by atoms with Gasteiger partial charge in [-0.1, -0.05) is 42.5 Å². The zero-order chi connectivity index (χ0) is 23.6. The Morgan fingerprint density at radius 2 is 1.73 bits per heavy atom. The summed E-state index contributed by atoms with van der Waals surface area (Å²) in [5.41, 5.74) is 0.460. The van der Waals surface area contributed by atoms with Gasteiger partial charge in [0, 0.05) is 23.8 Å². The van der Waals surface area contributed by atoms with Gasteiger partial charge in [0.15, 0.2) is 5.78 Å². The number of esters is 1. The summed E-state index contributed by atoms with van der Waals surface area (Å²) in [5, 5.41) is 0. The van der Waals surface area contributed by atoms with Crippen molar-refractivity contribution in [3.05, 3.63) is 83.1 Å². The minimum absolute atomic E-state index is 0.0568. The highest BCUT2D eigenvalue weighted by Crippen LogP contribution is 2.44. The van der Waals surface area contributed by atoms with Gasteiger partial charge in [-0.3, -0.25) is 4.79 Å². The van der Waals surface area contributed by atoms with E-state index in [1.54, 1.807) is 30.3 Å². The Labute approximate surface area is 189 Å². The molecule has 2 aromatic rings. The van der Waals surface area contributed by atoms with Crippen LogP contribution in [0.2, 0.25) is 0 Å². The van der Waals surface area contributed by atoms with Crippen LogP contribution in [0.3, 0.4) is 0 Å². The monoisotopic (exact) mass is 460 g/mol. The van der Waals surface area contributed by atoms with Crippen LogP contribution in [-0.2, 0) is 25.2 Å². The lowest BCUT2D eigenvalue weighted by Gasteiger charge is -2.42.